The van der Waals surface area contributed by atoms with Gasteiger partial charge in [0.15, 0.2) is 0 Å². The third-order valence-corrected chi connectivity index (χ3v) is 4.02. The topological polar surface area (TPSA) is 17.8 Å². The fourth-order valence-corrected chi connectivity index (χ4v) is 2.76. The summed E-state index contributed by atoms with van der Waals surface area (Å²) in [6.45, 7) is 0. The van der Waals surface area contributed by atoms with Crippen LogP contribution in [0.5, 0.6) is 0 Å². The van der Waals surface area contributed by atoms with Crippen LogP contribution in [0.2, 0.25) is 0 Å². The monoisotopic (exact) mass is 346 g/mol. The maximum absolute atomic E-state index is 12.7. The first kappa shape index (κ1) is 16.4. The first-order valence-corrected chi connectivity index (χ1v) is 7.58. The van der Waals surface area contributed by atoms with Crippen molar-refractivity contribution in [1.29, 1.82) is 0 Å². The number of aryl methyl sites for hydroxylation is 1. The van der Waals surface area contributed by atoms with Crippen LogP contribution in [-0.4, -0.2) is 9.78 Å². The SMILES string of the molecule is Cn1cc(-c2ccc(C(F)(F)F)cc2)c(=S)c(-c2ccccc2)n1. The Morgan fingerprint density at radius 3 is 2.12 bits per heavy atom. The first-order valence-electron chi connectivity index (χ1n) is 7.17. The minimum Gasteiger partial charge on any atom is -0.275 e. The van der Waals surface area contributed by atoms with E-state index >= 15 is 0 Å². The molecular formula is C18H13F3N2S. The second-order valence-corrected chi connectivity index (χ2v) is 5.74. The molecule has 0 bridgehead atoms. The summed E-state index contributed by atoms with van der Waals surface area (Å²) < 4.78 is 40.3. The van der Waals surface area contributed by atoms with E-state index < -0.39 is 11.7 Å². The summed E-state index contributed by atoms with van der Waals surface area (Å²) in [5.74, 6) is 0. The fraction of sp³-hybridized carbons (Fsp3) is 0.111. The molecular weight excluding hydrogens is 333 g/mol. The molecule has 2 nitrogen and oxygen atoms in total. The second kappa shape index (κ2) is 6.20. The van der Waals surface area contributed by atoms with Crippen molar-refractivity contribution in [3.63, 3.8) is 0 Å². The quantitative estimate of drug-likeness (QED) is 0.570. The highest BCUT2D eigenvalue weighted by molar-refractivity contribution is 7.71. The molecule has 3 aromatic rings. The van der Waals surface area contributed by atoms with Crippen LogP contribution < -0.4 is 0 Å². The van der Waals surface area contributed by atoms with Crippen molar-refractivity contribution in [3.8, 4) is 22.4 Å². The Morgan fingerprint density at radius 2 is 1.54 bits per heavy atom. The van der Waals surface area contributed by atoms with E-state index in [0.717, 1.165) is 17.7 Å². The Balaban J connectivity index is 2.13. The van der Waals surface area contributed by atoms with E-state index in [0.29, 0.717) is 21.3 Å². The molecule has 0 atom stereocenters. The molecule has 1 aromatic heterocycles. The molecule has 0 amide bonds. The molecule has 0 radical (unpaired) electrons. The highest BCUT2D eigenvalue weighted by atomic mass is 32.1. The predicted molar refractivity (Wildman–Crippen MR) is 89.9 cm³/mol. The van der Waals surface area contributed by atoms with Crippen molar-refractivity contribution in [2.24, 2.45) is 7.05 Å². The number of aromatic nitrogens is 2. The third-order valence-electron chi connectivity index (χ3n) is 3.60. The van der Waals surface area contributed by atoms with E-state index in [9.17, 15) is 13.2 Å². The van der Waals surface area contributed by atoms with Crippen LogP contribution in [-0.2, 0) is 13.2 Å². The van der Waals surface area contributed by atoms with Gasteiger partial charge in [0, 0.05) is 24.4 Å². The van der Waals surface area contributed by atoms with Crippen LogP contribution in [0.3, 0.4) is 0 Å². The predicted octanol–water partition coefficient (Wildman–Crippen LogP) is 5.50. The molecule has 0 saturated carbocycles. The van der Waals surface area contributed by atoms with E-state index in [4.69, 9.17) is 12.2 Å². The minimum absolute atomic E-state index is 0.513. The summed E-state index contributed by atoms with van der Waals surface area (Å²) in [5, 5.41) is 4.42. The van der Waals surface area contributed by atoms with Crippen LogP contribution in [0.15, 0.2) is 60.8 Å². The Morgan fingerprint density at radius 1 is 0.917 bits per heavy atom. The average Bonchev–Trinajstić information content (AvgIpc) is 2.57. The van der Waals surface area contributed by atoms with Gasteiger partial charge in [0.2, 0.25) is 0 Å². The molecule has 2 aromatic carbocycles. The van der Waals surface area contributed by atoms with Gasteiger partial charge >= 0.3 is 6.18 Å². The number of alkyl halides is 3. The van der Waals surface area contributed by atoms with Crippen molar-refractivity contribution < 1.29 is 13.2 Å². The van der Waals surface area contributed by atoms with E-state index in [-0.39, 0.29) is 0 Å². The summed E-state index contributed by atoms with van der Waals surface area (Å²) in [7, 11) is 1.76. The van der Waals surface area contributed by atoms with Gasteiger partial charge in [-0.25, -0.2) is 0 Å². The van der Waals surface area contributed by atoms with Crippen molar-refractivity contribution in [1.82, 2.24) is 9.78 Å². The zero-order valence-corrected chi connectivity index (χ0v) is 13.5. The second-order valence-electron chi connectivity index (χ2n) is 5.34. The first-order chi connectivity index (χ1) is 11.4. The van der Waals surface area contributed by atoms with Gasteiger partial charge in [0.1, 0.15) is 5.69 Å². The Bertz CT molecular complexity index is 914. The van der Waals surface area contributed by atoms with Crippen molar-refractivity contribution in [3.05, 3.63) is 70.9 Å². The van der Waals surface area contributed by atoms with Crippen molar-refractivity contribution in [2.45, 2.75) is 6.18 Å². The molecule has 0 aliphatic heterocycles. The zero-order valence-electron chi connectivity index (χ0n) is 12.7. The maximum atomic E-state index is 12.7. The molecule has 24 heavy (non-hydrogen) atoms. The molecule has 0 aliphatic carbocycles. The third kappa shape index (κ3) is 3.23. The lowest BCUT2D eigenvalue weighted by atomic mass is 10.0. The number of rotatable bonds is 2. The molecule has 0 N–H and O–H groups in total. The molecule has 0 spiro atoms. The molecule has 6 heteroatoms. The summed E-state index contributed by atoms with van der Waals surface area (Å²) in [6.07, 6.45) is -2.63. The van der Waals surface area contributed by atoms with E-state index in [1.54, 1.807) is 17.9 Å². The molecule has 122 valence electrons. The van der Waals surface area contributed by atoms with Gasteiger partial charge < -0.3 is 0 Å². The van der Waals surface area contributed by atoms with Crippen molar-refractivity contribution >= 4 is 12.2 Å². The number of halogens is 3. The fourth-order valence-electron chi connectivity index (χ4n) is 2.43. The Kier molecular flexibility index (Phi) is 4.24. The van der Waals surface area contributed by atoms with Crippen LogP contribution in [0.1, 0.15) is 5.56 Å². The van der Waals surface area contributed by atoms with Gasteiger partial charge in [-0.3, -0.25) is 4.68 Å². The molecule has 1 heterocycles. The summed E-state index contributed by atoms with van der Waals surface area (Å²) in [5.41, 5.74) is 2.12. The number of hydrogen-bond acceptors (Lipinski definition) is 2. The Labute approximate surface area is 142 Å². The smallest absolute Gasteiger partial charge is 0.275 e. The molecule has 0 unspecified atom stereocenters. The van der Waals surface area contributed by atoms with Crippen LogP contribution >= 0.6 is 12.2 Å². The van der Waals surface area contributed by atoms with Gasteiger partial charge in [-0.2, -0.15) is 18.3 Å². The largest absolute Gasteiger partial charge is 0.416 e. The number of nitrogens with zero attached hydrogens (tertiary/aromatic N) is 2. The normalized spacial score (nSPS) is 11.5. The van der Waals surface area contributed by atoms with Crippen molar-refractivity contribution in [2.75, 3.05) is 0 Å². The van der Waals surface area contributed by atoms with Gasteiger partial charge in [-0.1, -0.05) is 54.7 Å². The molecule has 0 aliphatic rings. The summed E-state index contributed by atoms with van der Waals surface area (Å²) in [6, 6.07) is 14.5. The summed E-state index contributed by atoms with van der Waals surface area (Å²) in [4.78, 5) is 0. The minimum atomic E-state index is -4.35. The van der Waals surface area contributed by atoms with Crippen LogP contribution in [0.4, 0.5) is 13.2 Å². The van der Waals surface area contributed by atoms with Gasteiger partial charge in [-0.15, -0.1) is 0 Å². The van der Waals surface area contributed by atoms with Gasteiger partial charge in [-0.05, 0) is 17.7 Å². The van der Waals surface area contributed by atoms with Gasteiger partial charge in [0.05, 0.1) is 10.1 Å². The lowest BCUT2D eigenvalue weighted by Crippen LogP contribution is -2.04. The molecule has 3 rings (SSSR count). The average molecular weight is 346 g/mol. The van der Waals surface area contributed by atoms with E-state index in [1.807, 2.05) is 30.3 Å². The number of benzene rings is 2. The van der Waals surface area contributed by atoms with E-state index in [1.165, 1.54) is 12.1 Å². The highest BCUT2D eigenvalue weighted by Gasteiger charge is 2.30. The zero-order chi connectivity index (χ0) is 17.3. The standard InChI is InChI=1S/C18H13F3N2S/c1-23-11-15(12-7-9-14(10-8-12)18(19,20)21)17(24)16(22-23)13-5-3-2-4-6-13/h2-11H,1H3. The van der Waals surface area contributed by atoms with Crippen LogP contribution in [0.25, 0.3) is 22.4 Å². The van der Waals surface area contributed by atoms with Crippen LogP contribution in [0, 0.1) is 4.51 Å². The lowest BCUT2D eigenvalue weighted by Gasteiger charge is -2.11. The molecule has 0 fully saturated rings. The van der Waals surface area contributed by atoms with Gasteiger partial charge in [0.25, 0.3) is 0 Å². The summed E-state index contributed by atoms with van der Waals surface area (Å²) >= 11 is 5.52. The number of hydrogen-bond donors (Lipinski definition) is 0. The lowest BCUT2D eigenvalue weighted by molar-refractivity contribution is -0.137. The van der Waals surface area contributed by atoms with E-state index in [2.05, 4.69) is 5.10 Å². The maximum Gasteiger partial charge on any atom is 0.416 e. The Hall–Kier alpha value is -2.47. The highest BCUT2D eigenvalue weighted by Crippen LogP contribution is 2.32. The molecule has 0 saturated heterocycles.